The number of carbonyl (C=O) groups is 1. The molecule has 1 N–H and O–H groups in total. The number of aryl methyl sites for hydroxylation is 3. The average Bonchev–Trinajstić information content (AvgIpc) is 3.12. The molecule has 7 heteroatoms. The molecule has 4 rings (SSSR count). The zero-order chi connectivity index (χ0) is 21.3. The van der Waals surface area contributed by atoms with Crippen LogP contribution in [0.25, 0.3) is 22.3 Å². The Labute approximate surface area is 177 Å². The van der Waals surface area contributed by atoms with Gasteiger partial charge in [0.15, 0.2) is 0 Å². The van der Waals surface area contributed by atoms with E-state index in [1.165, 1.54) is 18.4 Å². The first-order valence-electron chi connectivity index (χ1n) is 9.42. The van der Waals surface area contributed by atoms with Gasteiger partial charge in [-0.25, -0.2) is 9.78 Å². The van der Waals surface area contributed by atoms with Crippen LogP contribution in [0.2, 0.25) is 0 Å². The molecule has 2 aromatic carbocycles. The quantitative estimate of drug-likeness (QED) is 0.364. The van der Waals surface area contributed by atoms with Crippen LogP contribution < -0.4 is 10.8 Å². The highest BCUT2D eigenvalue weighted by atomic mass is 32.1. The van der Waals surface area contributed by atoms with Crippen LogP contribution in [0.1, 0.15) is 26.5 Å². The van der Waals surface area contributed by atoms with Crippen LogP contribution in [0, 0.1) is 20.8 Å². The molecule has 6 nitrogen and oxygen atoms in total. The van der Waals surface area contributed by atoms with Crippen molar-refractivity contribution in [1.29, 1.82) is 0 Å². The summed E-state index contributed by atoms with van der Waals surface area (Å²) in [6.07, 6.45) is 0. The van der Waals surface area contributed by atoms with Gasteiger partial charge in [-0.1, -0.05) is 47.7 Å². The number of carbonyl (C=O) groups excluding carboxylic acids is 1. The highest BCUT2D eigenvalue weighted by molar-refractivity contribution is 7.17. The predicted molar refractivity (Wildman–Crippen MR) is 119 cm³/mol. The lowest BCUT2D eigenvalue weighted by atomic mass is 10.1. The number of aromatic nitrogens is 1. The molecule has 0 aliphatic carbocycles. The minimum atomic E-state index is -0.403. The molecule has 2 aromatic heterocycles. The first-order valence-corrected chi connectivity index (χ1v) is 10.2. The largest absolute Gasteiger partial charge is 0.465 e. The lowest BCUT2D eigenvalue weighted by Gasteiger charge is -2.08. The number of hydrogen-bond donors (Lipinski definition) is 1. The van der Waals surface area contributed by atoms with E-state index in [0.717, 1.165) is 38.8 Å². The summed E-state index contributed by atoms with van der Waals surface area (Å²) in [5.41, 5.74) is 7.51. The zero-order valence-electron chi connectivity index (χ0n) is 17.1. The predicted octanol–water partition coefficient (Wildman–Crippen LogP) is 5.20. The van der Waals surface area contributed by atoms with Crippen molar-refractivity contribution in [1.82, 2.24) is 4.98 Å². The van der Waals surface area contributed by atoms with Gasteiger partial charge in [0.2, 0.25) is 5.13 Å². The van der Waals surface area contributed by atoms with Crippen molar-refractivity contribution < 1.29 is 13.9 Å². The fraction of sp³-hybridized carbons (Fsp3) is 0.174. The molecule has 0 bridgehead atoms. The van der Waals surface area contributed by atoms with E-state index in [0.29, 0.717) is 15.7 Å². The summed E-state index contributed by atoms with van der Waals surface area (Å²) in [5, 5.41) is 6.75. The summed E-state index contributed by atoms with van der Waals surface area (Å²) >= 11 is 1.21. The van der Waals surface area contributed by atoms with E-state index >= 15 is 0 Å². The third-order valence-electron chi connectivity index (χ3n) is 4.67. The molecule has 0 atom stereocenters. The Kier molecular flexibility index (Phi) is 5.37. The van der Waals surface area contributed by atoms with Crippen molar-refractivity contribution in [3.05, 3.63) is 75.6 Å². The molecule has 4 aromatic rings. The van der Waals surface area contributed by atoms with Crippen LogP contribution in [-0.4, -0.2) is 18.1 Å². The summed E-state index contributed by atoms with van der Waals surface area (Å²) in [5.74, 6) is 0.320. The zero-order valence-corrected chi connectivity index (χ0v) is 18.0. The third kappa shape index (κ3) is 3.84. The van der Waals surface area contributed by atoms with Crippen molar-refractivity contribution in [3.63, 3.8) is 0 Å². The maximum Gasteiger partial charge on any atom is 0.350 e. The fourth-order valence-corrected chi connectivity index (χ4v) is 4.12. The number of thiazole rings is 1. The normalized spacial score (nSPS) is 11.7. The van der Waals surface area contributed by atoms with Crippen molar-refractivity contribution >= 4 is 33.4 Å². The second-order valence-corrected chi connectivity index (χ2v) is 7.97. The van der Waals surface area contributed by atoms with Crippen molar-refractivity contribution in [2.45, 2.75) is 20.8 Å². The van der Waals surface area contributed by atoms with E-state index in [9.17, 15) is 4.79 Å². The first-order chi connectivity index (χ1) is 14.5. The third-order valence-corrected chi connectivity index (χ3v) is 5.71. The van der Waals surface area contributed by atoms with E-state index in [4.69, 9.17) is 9.15 Å². The Morgan fingerprint density at radius 3 is 2.63 bits per heavy atom. The summed E-state index contributed by atoms with van der Waals surface area (Å²) in [6.45, 7) is 5.84. The number of benzene rings is 2. The van der Waals surface area contributed by atoms with E-state index in [1.807, 2.05) is 56.3 Å². The van der Waals surface area contributed by atoms with Gasteiger partial charge >= 0.3 is 5.97 Å². The van der Waals surface area contributed by atoms with E-state index in [2.05, 4.69) is 21.6 Å². The minimum Gasteiger partial charge on any atom is -0.465 e. The van der Waals surface area contributed by atoms with Crippen LogP contribution >= 0.6 is 11.3 Å². The second kappa shape index (κ2) is 8.12. The Morgan fingerprint density at radius 2 is 1.90 bits per heavy atom. The molecule has 2 heterocycles. The Bertz CT molecular complexity index is 1310. The minimum absolute atomic E-state index is 0.403. The molecular weight excluding hydrogens is 398 g/mol. The van der Waals surface area contributed by atoms with Crippen LogP contribution in [0.4, 0.5) is 5.13 Å². The molecule has 0 aliphatic rings. The molecule has 0 saturated heterocycles. The molecule has 0 radical (unpaired) electrons. The molecule has 0 saturated carbocycles. The highest BCUT2D eigenvalue weighted by Gasteiger charge is 2.15. The Morgan fingerprint density at radius 1 is 1.13 bits per heavy atom. The van der Waals surface area contributed by atoms with E-state index in [1.54, 1.807) is 6.92 Å². The highest BCUT2D eigenvalue weighted by Crippen LogP contribution is 2.26. The van der Waals surface area contributed by atoms with Crippen molar-refractivity contribution in [2.75, 3.05) is 12.5 Å². The van der Waals surface area contributed by atoms with Crippen molar-refractivity contribution in [3.8, 4) is 11.3 Å². The summed E-state index contributed by atoms with van der Waals surface area (Å²) in [7, 11) is 1.36. The molecule has 152 valence electrons. The molecule has 0 spiro atoms. The molecule has 0 amide bonds. The van der Waals surface area contributed by atoms with E-state index < -0.39 is 5.97 Å². The van der Waals surface area contributed by atoms with Crippen LogP contribution in [0.5, 0.6) is 0 Å². The Hall–Kier alpha value is -3.45. The lowest BCUT2D eigenvalue weighted by Crippen LogP contribution is -2.08. The summed E-state index contributed by atoms with van der Waals surface area (Å²) in [4.78, 5) is 16.7. The molecule has 0 unspecified atom stereocenters. The number of rotatable bonds is 4. The smallest absolute Gasteiger partial charge is 0.350 e. The number of hydrogen-bond acceptors (Lipinski definition) is 7. The van der Waals surface area contributed by atoms with Gasteiger partial charge in [0.05, 0.1) is 18.2 Å². The SMILES string of the molecule is COC(=O)c1sc(NN=c2cc(-c3ccccc3)oc3c(C)cc(C)cc23)nc1C. The number of esters is 1. The molecule has 30 heavy (non-hydrogen) atoms. The average molecular weight is 420 g/mol. The number of ether oxygens (including phenoxy) is 1. The fourth-order valence-electron chi connectivity index (χ4n) is 3.29. The van der Waals surface area contributed by atoms with Gasteiger partial charge in [-0.2, -0.15) is 5.10 Å². The van der Waals surface area contributed by atoms with Gasteiger partial charge in [0, 0.05) is 17.0 Å². The van der Waals surface area contributed by atoms with Gasteiger partial charge in [0.1, 0.15) is 16.2 Å². The lowest BCUT2D eigenvalue weighted by molar-refractivity contribution is 0.0605. The van der Waals surface area contributed by atoms with Gasteiger partial charge < -0.3 is 9.15 Å². The van der Waals surface area contributed by atoms with E-state index in [-0.39, 0.29) is 0 Å². The number of nitrogens with zero attached hydrogens (tertiary/aromatic N) is 2. The van der Waals surface area contributed by atoms with Crippen molar-refractivity contribution in [2.24, 2.45) is 5.10 Å². The van der Waals surface area contributed by atoms with Crippen LogP contribution in [0.15, 0.2) is 58.0 Å². The van der Waals surface area contributed by atoms with Gasteiger partial charge in [0.25, 0.3) is 0 Å². The number of fused-ring (bicyclic) bond motifs is 1. The molecular formula is C23H21N3O3S. The number of methoxy groups -OCH3 is 1. The maximum absolute atomic E-state index is 11.9. The number of anilines is 1. The van der Waals surface area contributed by atoms with Gasteiger partial charge in [-0.3, -0.25) is 5.43 Å². The summed E-state index contributed by atoms with van der Waals surface area (Å²) < 4.78 is 11.0. The topological polar surface area (TPSA) is 76.7 Å². The van der Waals surface area contributed by atoms with Crippen LogP contribution in [-0.2, 0) is 4.74 Å². The van der Waals surface area contributed by atoms with Crippen LogP contribution in [0.3, 0.4) is 0 Å². The molecule has 0 aliphatic heterocycles. The first kappa shape index (κ1) is 19.8. The molecule has 0 fully saturated rings. The van der Waals surface area contributed by atoms with Gasteiger partial charge in [-0.05, 0) is 38.0 Å². The Balaban J connectivity index is 1.85. The maximum atomic E-state index is 11.9. The number of nitrogens with one attached hydrogen (secondary N) is 1. The second-order valence-electron chi connectivity index (χ2n) is 6.97. The van der Waals surface area contributed by atoms with Gasteiger partial charge in [-0.15, -0.1) is 0 Å². The summed E-state index contributed by atoms with van der Waals surface area (Å²) in [6, 6.07) is 16.0. The monoisotopic (exact) mass is 419 g/mol. The standard InChI is InChI=1S/C23H21N3O3S/c1-13-10-14(2)20-17(11-13)18(12-19(29-20)16-8-6-5-7-9-16)25-26-23-24-15(3)21(30-23)22(27)28-4/h5-12H,1-4H3,(H,24,26).